The number of anilines is 1. The Labute approximate surface area is 123 Å². The molecule has 0 saturated carbocycles. The minimum absolute atomic E-state index is 0.0489. The van der Waals surface area contributed by atoms with E-state index in [-0.39, 0.29) is 5.69 Å². The second kappa shape index (κ2) is 8.53. The summed E-state index contributed by atoms with van der Waals surface area (Å²) in [6, 6.07) is 3.08. The third-order valence-electron chi connectivity index (χ3n) is 3.04. The summed E-state index contributed by atoms with van der Waals surface area (Å²) in [6.07, 6.45) is 5.33. The highest BCUT2D eigenvalue weighted by Crippen LogP contribution is 2.30. The van der Waals surface area contributed by atoms with E-state index in [9.17, 15) is 14.9 Å². The molecular weight excluding hydrogens is 280 g/mol. The third kappa shape index (κ3) is 5.17. The van der Waals surface area contributed by atoms with Gasteiger partial charge in [0.2, 0.25) is 0 Å². The lowest BCUT2D eigenvalue weighted by Gasteiger charge is -2.09. The van der Waals surface area contributed by atoms with Gasteiger partial charge in [-0.15, -0.1) is 0 Å². The van der Waals surface area contributed by atoms with Crippen molar-refractivity contribution in [2.24, 2.45) is 0 Å². The van der Waals surface area contributed by atoms with Crippen molar-refractivity contribution in [3.8, 4) is 0 Å². The molecule has 5 nitrogen and oxygen atoms in total. The molecule has 0 spiro atoms. The molecule has 0 amide bonds. The number of aryl methyl sites for hydroxylation is 1. The Morgan fingerprint density at radius 3 is 2.65 bits per heavy atom. The normalized spacial score (nSPS) is 10.3. The van der Waals surface area contributed by atoms with E-state index in [1.807, 2.05) is 0 Å². The largest absolute Gasteiger partial charge is 0.379 e. The van der Waals surface area contributed by atoms with Gasteiger partial charge in [0.25, 0.3) is 5.69 Å². The maximum Gasteiger partial charge on any atom is 0.292 e. The number of carbonyl (C=O) groups excluding carboxylic acids is 1. The Morgan fingerprint density at radius 2 is 2.00 bits per heavy atom. The number of nitrogens with one attached hydrogen (secondary N) is 1. The van der Waals surface area contributed by atoms with Crippen molar-refractivity contribution in [1.29, 1.82) is 0 Å². The quantitative estimate of drug-likeness (QED) is 0.322. The van der Waals surface area contributed by atoms with E-state index in [0.29, 0.717) is 29.2 Å². The van der Waals surface area contributed by atoms with Gasteiger partial charge in [0.05, 0.1) is 4.92 Å². The van der Waals surface area contributed by atoms with Gasteiger partial charge < -0.3 is 10.1 Å². The van der Waals surface area contributed by atoms with Gasteiger partial charge in [-0.25, -0.2) is 0 Å². The van der Waals surface area contributed by atoms with E-state index in [2.05, 4.69) is 5.32 Å². The summed E-state index contributed by atoms with van der Waals surface area (Å²) in [5.41, 5.74) is 1.20. The summed E-state index contributed by atoms with van der Waals surface area (Å²) < 4.78 is 0. The average Bonchev–Trinajstić information content (AvgIpc) is 2.41. The van der Waals surface area contributed by atoms with E-state index in [4.69, 9.17) is 11.6 Å². The van der Waals surface area contributed by atoms with Gasteiger partial charge in [0.1, 0.15) is 12.0 Å². The van der Waals surface area contributed by atoms with E-state index < -0.39 is 4.92 Å². The number of aldehydes is 1. The molecule has 0 unspecified atom stereocenters. The van der Waals surface area contributed by atoms with E-state index in [0.717, 1.165) is 32.0 Å². The second-order valence-corrected chi connectivity index (χ2v) is 5.08. The smallest absolute Gasteiger partial charge is 0.292 e. The van der Waals surface area contributed by atoms with Crippen LogP contribution in [0, 0.1) is 17.0 Å². The molecule has 20 heavy (non-hydrogen) atoms. The van der Waals surface area contributed by atoms with Crippen LogP contribution in [-0.2, 0) is 4.79 Å². The molecular formula is C14H19ClN2O3. The first-order valence-electron chi connectivity index (χ1n) is 6.68. The first-order chi connectivity index (χ1) is 9.56. The van der Waals surface area contributed by atoms with Crippen LogP contribution in [0.3, 0.4) is 0 Å². The number of carbonyl (C=O) groups is 1. The number of nitro benzene ring substituents is 1. The van der Waals surface area contributed by atoms with Crippen LogP contribution < -0.4 is 5.32 Å². The lowest BCUT2D eigenvalue weighted by Crippen LogP contribution is -2.05. The summed E-state index contributed by atoms with van der Waals surface area (Å²) in [4.78, 5) is 20.7. The Morgan fingerprint density at radius 1 is 1.30 bits per heavy atom. The molecule has 0 aliphatic rings. The highest BCUT2D eigenvalue weighted by Gasteiger charge is 2.15. The van der Waals surface area contributed by atoms with E-state index in [1.165, 1.54) is 6.07 Å². The molecule has 0 fully saturated rings. The first-order valence-corrected chi connectivity index (χ1v) is 7.06. The Bertz CT molecular complexity index is 478. The molecule has 110 valence electrons. The zero-order chi connectivity index (χ0) is 15.0. The van der Waals surface area contributed by atoms with Crippen LogP contribution in [0.5, 0.6) is 0 Å². The Hall–Kier alpha value is -1.62. The van der Waals surface area contributed by atoms with Crippen molar-refractivity contribution in [1.82, 2.24) is 0 Å². The number of nitro groups is 1. The molecule has 0 aliphatic carbocycles. The standard InChI is InChI=1S/C14H19ClN2O3/c1-11-9-14(17(19)20)13(10-12(11)15)16-7-5-3-2-4-6-8-18/h8-10,16H,2-7H2,1H3. The van der Waals surface area contributed by atoms with Crippen LogP contribution in [0.2, 0.25) is 5.02 Å². The molecule has 0 radical (unpaired) electrons. The maximum absolute atomic E-state index is 11.0. The van der Waals surface area contributed by atoms with Gasteiger partial charge >= 0.3 is 0 Å². The predicted molar refractivity (Wildman–Crippen MR) is 80.5 cm³/mol. The Kier molecular flexibility index (Phi) is 7.01. The summed E-state index contributed by atoms with van der Waals surface area (Å²) in [5.74, 6) is 0. The summed E-state index contributed by atoms with van der Waals surface area (Å²) >= 11 is 5.99. The van der Waals surface area contributed by atoms with Crippen LogP contribution >= 0.6 is 11.6 Å². The fourth-order valence-electron chi connectivity index (χ4n) is 1.89. The molecule has 0 atom stereocenters. The van der Waals surface area contributed by atoms with E-state index in [1.54, 1.807) is 13.0 Å². The monoisotopic (exact) mass is 298 g/mol. The second-order valence-electron chi connectivity index (χ2n) is 4.67. The fraction of sp³-hybridized carbons (Fsp3) is 0.500. The summed E-state index contributed by atoms with van der Waals surface area (Å²) in [7, 11) is 0. The van der Waals surface area contributed by atoms with E-state index >= 15 is 0 Å². The number of nitrogens with zero attached hydrogens (tertiary/aromatic N) is 1. The zero-order valence-electron chi connectivity index (χ0n) is 11.5. The van der Waals surface area contributed by atoms with Gasteiger partial charge in [0, 0.05) is 24.1 Å². The third-order valence-corrected chi connectivity index (χ3v) is 3.45. The molecule has 1 rings (SSSR count). The zero-order valence-corrected chi connectivity index (χ0v) is 12.3. The molecule has 0 bridgehead atoms. The lowest BCUT2D eigenvalue weighted by atomic mass is 10.1. The highest BCUT2D eigenvalue weighted by atomic mass is 35.5. The fourth-order valence-corrected chi connectivity index (χ4v) is 2.05. The average molecular weight is 299 g/mol. The van der Waals surface area contributed by atoms with Crippen molar-refractivity contribution in [2.45, 2.75) is 39.0 Å². The molecule has 0 aliphatic heterocycles. The minimum atomic E-state index is -0.407. The van der Waals surface area contributed by atoms with Gasteiger partial charge in [-0.05, 0) is 31.4 Å². The van der Waals surface area contributed by atoms with Crippen molar-refractivity contribution < 1.29 is 9.72 Å². The van der Waals surface area contributed by atoms with Crippen molar-refractivity contribution in [2.75, 3.05) is 11.9 Å². The minimum Gasteiger partial charge on any atom is -0.379 e. The summed E-state index contributed by atoms with van der Waals surface area (Å²) in [5, 5.41) is 14.6. The number of benzene rings is 1. The number of hydrogen-bond donors (Lipinski definition) is 1. The van der Waals surface area contributed by atoms with Crippen LogP contribution in [0.4, 0.5) is 11.4 Å². The van der Waals surface area contributed by atoms with Gasteiger partial charge in [-0.2, -0.15) is 0 Å². The summed E-state index contributed by atoms with van der Waals surface area (Å²) in [6.45, 7) is 2.40. The molecule has 1 N–H and O–H groups in total. The number of unbranched alkanes of at least 4 members (excludes halogenated alkanes) is 4. The maximum atomic E-state index is 11.0. The molecule has 1 aromatic carbocycles. The highest BCUT2D eigenvalue weighted by molar-refractivity contribution is 6.31. The SMILES string of the molecule is Cc1cc([N+](=O)[O-])c(NCCCCCCC=O)cc1Cl. The molecule has 6 heteroatoms. The number of hydrogen-bond acceptors (Lipinski definition) is 4. The van der Waals surface area contributed by atoms with Crippen molar-refractivity contribution in [3.63, 3.8) is 0 Å². The Balaban J connectivity index is 2.48. The first kappa shape index (κ1) is 16.4. The van der Waals surface area contributed by atoms with Crippen LogP contribution in [0.1, 0.15) is 37.7 Å². The van der Waals surface area contributed by atoms with Gasteiger partial charge in [0.15, 0.2) is 0 Å². The van der Waals surface area contributed by atoms with Gasteiger partial charge in [-0.3, -0.25) is 10.1 Å². The molecule has 0 aromatic heterocycles. The predicted octanol–water partition coefficient (Wildman–Crippen LogP) is 4.12. The topological polar surface area (TPSA) is 72.2 Å². The van der Waals surface area contributed by atoms with Crippen LogP contribution in [0.25, 0.3) is 0 Å². The van der Waals surface area contributed by atoms with Crippen molar-refractivity contribution >= 4 is 29.3 Å². The number of halogens is 1. The van der Waals surface area contributed by atoms with Crippen LogP contribution in [-0.4, -0.2) is 17.8 Å². The van der Waals surface area contributed by atoms with Crippen LogP contribution in [0.15, 0.2) is 12.1 Å². The number of rotatable bonds is 9. The molecule has 1 aromatic rings. The van der Waals surface area contributed by atoms with Gasteiger partial charge in [-0.1, -0.05) is 24.4 Å². The van der Waals surface area contributed by atoms with Crippen molar-refractivity contribution in [3.05, 3.63) is 32.8 Å². The molecule has 0 saturated heterocycles. The molecule has 0 heterocycles. The lowest BCUT2D eigenvalue weighted by molar-refractivity contribution is -0.384.